The van der Waals surface area contributed by atoms with Crippen LogP contribution in [-0.4, -0.2) is 17.5 Å². The summed E-state index contributed by atoms with van der Waals surface area (Å²) in [6, 6.07) is 0. The lowest BCUT2D eigenvalue weighted by atomic mass is 10.2. The summed E-state index contributed by atoms with van der Waals surface area (Å²) in [4.78, 5) is 0. The third kappa shape index (κ3) is 5.66. The van der Waals surface area contributed by atoms with Crippen LogP contribution in [-0.2, 0) is 4.74 Å². The van der Waals surface area contributed by atoms with Gasteiger partial charge in [0.2, 0.25) is 0 Å². The van der Waals surface area contributed by atoms with Gasteiger partial charge in [-0.25, -0.2) is 0 Å². The maximum atomic E-state index is 8.10. The first kappa shape index (κ1) is 6.66. The largest absolute Gasteiger partial charge is 0.370 e. The van der Waals surface area contributed by atoms with Gasteiger partial charge in [-0.15, -0.1) is 0 Å². The van der Waals surface area contributed by atoms with Crippen molar-refractivity contribution in [2.45, 2.75) is 12.5 Å². The van der Waals surface area contributed by atoms with E-state index >= 15 is 0 Å². The summed E-state index contributed by atoms with van der Waals surface area (Å²) in [6.45, 7) is 8.29. The molecule has 0 bridgehead atoms. The second-order valence-corrected chi connectivity index (χ2v) is 1.72. The first-order valence-electron chi connectivity index (χ1n) is 2.02. The molecule has 40 valence electrons. The van der Waals surface area contributed by atoms with Crippen molar-refractivity contribution in [3.8, 4) is 0 Å². The molecule has 0 saturated heterocycles. The molecule has 0 heterocycles. The highest BCUT2D eigenvalue weighted by atomic mass is 16.6. The predicted molar refractivity (Wildman–Crippen MR) is 27.3 cm³/mol. The number of hydrogen-bond donors (Lipinski definition) is 1. The van der Waals surface area contributed by atoms with Crippen molar-refractivity contribution < 1.29 is 9.84 Å². The molecule has 0 aromatic heterocycles. The quantitative estimate of drug-likeness (QED) is 0.403. The Bertz CT molecular complexity index is 44.5. The van der Waals surface area contributed by atoms with Gasteiger partial charge in [0.15, 0.2) is 6.79 Å². The van der Waals surface area contributed by atoms with Gasteiger partial charge >= 0.3 is 5.60 Å². The molecule has 0 spiro atoms. The molecule has 0 rings (SSSR count). The van der Waals surface area contributed by atoms with Gasteiger partial charge in [-0.1, -0.05) is 0 Å². The fourth-order valence-electron chi connectivity index (χ4n) is 0.156. The zero-order valence-electron chi connectivity index (χ0n) is 4.48. The lowest BCUT2D eigenvalue weighted by Crippen LogP contribution is -2.20. The summed E-state index contributed by atoms with van der Waals surface area (Å²) in [5.41, 5.74) is -0.700. The van der Waals surface area contributed by atoms with Crippen LogP contribution in [0, 0.1) is 13.8 Å². The summed E-state index contributed by atoms with van der Waals surface area (Å²) in [7, 11) is 0. The van der Waals surface area contributed by atoms with E-state index in [9.17, 15) is 0 Å². The molecule has 0 aliphatic rings. The van der Waals surface area contributed by atoms with E-state index < -0.39 is 5.60 Å². The molecule has 0 aromatic rings. The summed E-state index contributed by atoms with van der Waals surface area (Å²) >= 11 is 0. The van der Waals surface area contributed by atoms with E-state index in [1.165, 1.54) is 0 Å². The Morgan fingerprint density at radius 1 is 1.71 bits per heavy atom. The van der Waals surface area contributed by atoms with E-state index in [1.54, 1.807) is 6.92 Å². The average Bonchev–Trinajstić information content (AvgIpc) is 1.30. The molecule has 2 nitrogen and oxygen atoms in total. The normalized spacial score (nSPS) is 11.7. The average molecular weight is 102 g/mol. The molecule has 0 saturated carbocycles. The minimum absolute atomic E-state index is 0.316. The van der Waals surface area contributed by atoms with Crippen molar-refractivity contribution in [3.63, 3.8) is 0 Å². The van der Waals surface area contributed by atoms with E-state index in [2.05, 4.69) is 18.6 Å². The molecule has 2 heteroatoms. The number of aliphatic hydroxyl groups excluding tert-OH is 1. The zero-order chi connectivity index (χ0) is 5.91. The topological polar surface area (TPSA) is 29.5 Å². The summed E-state index contributed by atoms with van der Waals surface area (Å²) in [5.74, 6) is 0. The van der Waals surface area contributed by atoms with E-state index in [0.29, 0.717) is 0 Å². The van der Waals surface area contributed by atoms with Crippen molar-refractivity contribution >= 4 is 0 Å². The summed E-state index contributed by atoms with van der Waals surface area (Å²) < 4.78 is 4.56. The molecule has 0 aromatic carbocycles. The lowest BCUT2D eigenvalue weighted by molar-refractivity contribution is -0.0618. The van der Waals surface area contributed by atoms with Crippen LogP contribution in [0.1, 0.15) is 6.92 Å². The van der Waals surface area contributed by atoms with Crippen molar-refractivity contribution in [3.05, 3.63) is 13.8 Å². The number of hydrogen-bond acceptors (Lipinski definition) is 2. The smallest absolute Gasteiger partial charge is 0.334 e. The number of rotatable bonds is 2. The molecule has 7 heavy (non-hydrogen) atoms. The maximum Gasteiger partial charge on any atom is 0.334 e. The van der Waals surface area contributed by atoms with Crippen LogP contribution in [0.5, 0.6) is 0 Å². The monoisotopic (exact) mass is 102 g/mol. The van der Waals surface area contributed by atoms with E-state index in [1.807, 2.05) is 0 Å². The Morgan fingerprint density at radius 3 is 2.14 bits per heavy atom. The molecule has 1 N–H and O–H groups in total. The fourth-order valence-corrected chi connectivity index (χ4v) is 0.156. The van der Waals surface area contributed by atoms with Gasteiger partial charge in [0.1, 0.15) is 13.8 Å². The SMILES string of the molecule is [CH2+]C([CH2+])(C)OCO. The third-order valence-electron chi connectivity index (χ3n) is 0.413. The van der Waals surface area contributed by atoms with Crippen LogP contribution in [0.2, 0.25) is 0 Å². The summed E-state index contributed by atoms with van der Waals surface area (Å²) in [5, 5.41) is 8.10. The van der Waals surface area contributed by atoms with Crippen LogP contribution in [0.25, 0.3) is 0 Å². The Labute approximate surface area is 44.1 Å². The van der Waals surface area contributed by atoms with Crippen molar-refractivity contribution in [2.24, 2.45) is 0 Å². The first-order chi connectivity index (χ1) is 3.06. The second-order valence-electron chi connectivity index (χ2n) is 1.72. The van der Waals surface area contributed by atoms with Crippen LogP contribution < -0.4 is 0 Å². The highest BCUT2D eigenvalue weighted by molar-refractivity contribution is 4.79. The molecule has 0 aliphatic heterocycles. The number of ether oxygens (including phenoxy) is 1. The molecule has 0 unspecified atom stereocenters. The minimum Gasteiger partial charge on any atom is -0.370 e. The molecular weight excluding hydrogens is 92.1 g/mol. The van der Waals surface area contributed by atoms with Gasteiger partial charge in [0.25, 0.3) is 0 Å². The predicted octanol–water partition coefficient (Wildman–Crippen LogP) is 0.380. The van der Waals surface area contributed by atoms with Crippen LogP contribution >= 0.6 is 0 Å². The fraction of sp³-hybridized carbons (Fsp3) is 0.600. The number of aliphatic hydroxyl groups is 1. The van der Waals surface area contributed by atoms with Crippen molar-refractivity contribution in [1.82, 2.24) is 0 Å². The van der Waals surface area contributed by atoms with Crippen molar-refractivity contribution in [2.75, 3.05) is 6.79 Å². The van der Waals surface area contributed by atoms with Gasteiger partial charge in [0, 0.05) is 0 Å². The second kappa shape index (κ2) is 2.09. The highest BCUT2D eigenvalue weighted by Crippen LogP contribution is 2.02. The first-order valence-corrected chi connectivity index (χ1v) is 2.02. The van der Waals surface area contributed by atoms with Crippen LogP contribution in [0.3, 0.4) is 0 Å². The van der Waals surface area contributed by atoms with Gasteiger partial charge < -0.3 is 5.11 Å². The van der Waals surface area contributed by atoms with Crippen LogP contribution in [0.15, 0.2) is 0 Å². The van der Waals surface area contributed by atoms with Gasteiger partial charge in [-0.05, 0) is 0 Å². The highest BCUT2D eigenvalue weighted by Gasteiger charge is 2.25. The zero-order valence-corrected chi connectivity index (χ0v) is 4.48. The van der Waals surface area contributed by atoms with Gasteiger partial charge in [-0.3, -0.25) is 4.74 Å². The maximum absolute atomic E-state index is 8.10. The molecule has 0 fully saturated rings. The Kier molecular flexibility index (Phi) is 1.99. The Balaban J connectivity index is 3.15. The standard InChI is InChI=1S/C5H10O2/c1-5(2,3)7-4-6/h6H,1-2,4H2,3H3/q+2. The van der Waals surface area contributed by atoms with Gasteiger partial charge in [-0.2, -0.15) is 0 Å². The van der Waals surface area contributed by atoms with Crippen molar-refractivity contribution in [1.29, 1.82) is 0 Å². The molecule has 0 atom stereocenters. The molecule has 0 radical (unpaired) electrons. The molecule has 0 aliphatic carbocycles. The Morgan fingerprint density at radius 2 is 2.14 bits per heavy atom. The van der Waals surface area contributed by atoms with Crippen LogP contribution in [0.4, 0.5) is 0 Å². The Hall–Kier alpha value is -0.340. The lowest BCUT2D eigenvalue weighted by Gasteiger charge is -2.00. The molecule has 0 amide bonds. The van der Waals surface area contributed by atoms with E-state index in [0.717, 1.165) is 0 Å². The third-order valence-corrected chi connectivity index (χ3v) is 0.413. The van der Waals surface area contributed by atoms with Gasteiger partial charge in [0.05, 0.1) is 6.92 Å². The minimum atomic E-state index is -0.700. The van der Waals surface area contributed by atoms with E-state index in [-0.39, 0.29) is 6.79 Å². The summed E-state index contributed by atoms with van der Waals surface area (Å²) in [6.07, 6.45) is 0. The molecular formula is C5H10O2+2. The van der Waals surface area contributed by atoms with E-state index in [4.69, 9.17) is 5.11 Å².